The van der Waals surface area contributed by atoms with E-state index in [2.05, 4.69) is 14.9 Å². The van der Waals surface area contributed by atoms with Crippen molar-refractivity contribution in [1.82, 2.24) is 9.97 Å². The van der Waals surface area contributed by atoms with Crippen molar-refractivity contribution in [3.63, 3.8) is 0 Å². The van der Waals surface area contributed by atoms with Crippen LogP contribution in [0.2, 0.25) is 5.15 Å². The van der Waals surface area contributed by atoms with Gasteiger partial charge in [-0.05, 0) is 18.9 Å². The normalized spacial score (nSPS) is 21.6. The molecule has 5 heteroatoms. The van der Waals surface area contributed by atoms with Crippen molar-refractivity contribution in [3.05, 3.63) is 17.4 Å². The smallest absolute Gasteiger partial charge is 0.227 e. The fourth-order valence-electron chi connectivity index (χ4n) is 1.81. The van der Waals surface area contributed by atoms with Crippen molar-refractivity contribution >= 4 is 17.5 Å². The van der Waals surface area contributed by atoms with Crippen molar-refractivity contribution in [1.29, 1.82) is 0 Å². The minimum Gasteiger partial charge on any atom is -0.337 e. The molecule has 0 aromatic carbocycles. The second-order valence-corrected chi connectivity index (χ2v) is 3.79. The zero-order chi connectivity index (χ0) is 9.97. The van der Waals surface area contributed by atoms with Gasteiger partial charge in [-0.25, -0.2) is 9.97 Å². The number of hydrogen-bond acceptors (Lipinski definition) is 4. The van der Waals surface area contributed by atoms with Crippen molar-refractivity contribution in [2.75, 3.05) is 18.0 Å². The second-order valence-electron chi connectivity index (χ2n) is 3.40. The van der Waals surface area contributed by atoms with Gasteiger partial charge in [0.2, 0.25) is 5.95 Å². The third-order valence-electron chi connectivity index (χ3n) is 2.51. The maximum absolute atomic E-state index is 5.81. The minimum atomic E-state index is 0.369. The summed E-state index contributed by atoms with van der Waals surface area (Å²) in [4.78, 5) is 10.5. The Bertz CT molecular complexity index is 317. The van der Waals surface area contributed by atoms with E-state index in [4.69, 9.17) is 17.3 Å². The average Bonchev–Trinajstić information content (AvgIpc) is 2.65. The lowest BCUT2D eigenvalue weighted by Crippen LogP contribution is -2.36. The predicted octanol–water partition coefficient (Wildman–Crippen LogP) is 1.06. The maximum Gasteiger partial charge on any atom is 0.227 e. The zero-order valence-corrected chi connectivity index (χ0v) is 8.61. The van der Waals surface area contributed by atoms with E-state index >= 15 is 0 Å². The molecular formula is C9H13ClN4. The summed E-state index contributed by atoms with van der Waals surface area (Å²) in [7, 11) is 0. The highest BCUT2D eigenvalue weighted by Gasteiger charge is 2.25. The number of nitrogens with two attached hydrogens (primary N) is 1. The van der Waals surface area contributed by atoms with Crippen molar-refractivity contribution in [3.8, 4) is 0 Å². The first-order chi connectivity index (χ1) is 6.81. The Kier molecular flexibility index (Phi) is 2.84. The highest BCUT2D eigenvalue weighted by molar-refractivity contribution is 6.29. The molecule has 0 radical (unpaired) electrons. The number of nitrogens with zero attached hydrogens (tertiary/aromatic N) is 3. The number of anilines is 1. The molecule has 2 rings (SSSR count). The molecule has 0 saturated carbocycles. The summed E-state index contributed by atoms with van der Waals surface area (Å²) in [6, 6.07) is 2.05. The molecule has 76 valence electrons. The van der Waals surface area contributed by atoms with E-state index in [9.17, 15) is 0 Å². The molecule has 1 aliphatic rings. The van der Waals surface area contributed by atoms with Gasteiger partial charge in [0, 0.05) is 25.3 Å². The molecule has 1 aromatic rings. The molecule has 1 aliphatic heterocycles. The molecule has 2 N–H and O–H groups in total. The minimum absolute atomic E-state index is 0.369. The summed E-state index contributed by atoms with van der Waals surface area (Å²) in [5.74, 6) is 0.699. The summed E-state index contributed by atoms with van der Waals surface area (Å²) in [5.41, 5.74) is 5.67. The molecule has 1 fully saturated rings. The van der Waals surface area contributed by atoms with E-state index < -0.39 is 0 Å². The highest BCUT2D eigenvalue weighted by atomic mass is 35.5. The monoisotopic (exact) mass is 212 g/mol. The van der Waals surface area contributed by atoms with Crippen LogP contribution in [0.15, 0.2) is 12.3 Å². The van der Waals surface area contributed by atoms with E-state index in [1.165, 1.54) is 0 Å². The summed E-state index contributed by atoms with van der Waals surface area (Å²) in [5, 5.41) is 0.484. The lowest BCUT2D eigenvalue weighted by Gasteiger charge is -2.22. The Morgan fingerprint density at radius 1 is 1.64 bits per heavy atom. The summed E-state index contributed by atoms with van der Waals surface area (Å²) in [6.07, 6.45) is 3.95. The first kappa shape index (κ1) is 9.68. The van der Waals surface area contributed by atoms with Gasteiger partial charge in [-0.15, -0.1) is 0 Å². The van der Waals surface area contributed by atoms with Crippen LogP contribution in [0, 0.1) is 0 Å². The highest BCUT2D eigenvalue weighted by Crippen LogP contribution is 2.22. The molecule has 0 aliphatic carbocycles. The van der Waals surface area contributed by atoms with Gasteiger partial charge < -0.3 is 10.6 Å². The number of rotatable bonds is 2. The molecule has 1 aromatic heterocycles. The lowest BCUT2D eigenvalue weighted by molar-refractivity contribution is 0.664. The molecule has 14 heavy (non-hydrogen) atoms. The zero-order valence-electron chi connectivity index (χ0n) is 7.86. The Balaban J connectivity index is 2.21. The van der Waals surface area contributed by atoms with E-state index in [1.807, 2.05) is 0 Å². The fraction of sp³-hybridized carbons (Fsp3) is 0.556. The second kappa shape index (κ2) is 4.11. The van der Waals surface area contributed by atoms with Gasteiger partial charge in [0.25, 0.3) is 0 Å². The Morgan fingerprint density at radius 3 is 3.21 bits per heavy atom. The summed E-state index contributed by atoms with van der Waals surface area (Å²) in [6.45, 7) is 1.62. The average molecular weight is 213 g/mol. The number of halogens is 1. The predicted molar refractivity (Wildman–Crippen MR) is 56.5 cm³/mol. The van der Waals surface area contributed by atoms with E-state index in [-0.39, 0.29) is 0 Å². The van der Waals surface area contributed by atoms with Crippen LogP contribution >= 0.6 is 11.6 Å². The molecule has 1 atom stereocenters. The van der Waals surface area contributed by atoms with Crippen LogP contribution in [0.3, 0.4) is 0 Å². The van der Waals surface area contributed by atoms with Crippen LogP contribution in [0.25, 0.3) is 0 Å². The van der Waals surface area contributed by atoms with Crippen LogP contribution in [-0.2, 0) is 0 Å². The standard InChI is InChI=1S/C9H13ClN4/c10-8-3-4-12-9(13-8)14-5-1-2-7(14)6-11/h3-4,7H,1-2,5-6,11H2/t7-/m1/s1. The van der Waals surface area contributed by atoms with Crippen molar-refractivity contribution in [2.45, 2.75) is 18.9 Å². The third kappa shape index (κ3) is 1.81. The Hall–Kier alpha value is -0.870. The molecule has 0 bridgehead atoms. The van der Waals surface area contributed by atoms with Crippen LogP contribution < -0.4 is 10.6 Å². The Labute approximate surface area is 88.1 Å². The third-order valence-corrected chi connectivity index (χ3v) is 2.73. The van der Waals surface area contributed by atoms with Gasteiger partial charge >= 0.3 is 0 Å². The number of aromatic nitrogens is 2. The molecule has 0 spiro atoms. The number of hydrogen-bond donors (Lipinski definition) is 1. The fourth-order valence-corrected chi connectivity index (χ4v) is 1.94. The van der Waals surface area contributed by atoms with Gasteiger partial charge in [0.05, 0.1) is 0 Å². The quantitative estimate of drug-likeness (QED) is 0.745. The first-order valence-electron chi connectivity index (χ1n) is 4.76. The van der Waals surface area contributed by atoms with Crippen molar-refractivity contribution in [2.24, 2.45) is 5.73 Å². The summed E-state index contributed by atoms with van der Waals surface area (Å²) >= 11 is 5.81. The van der Waals surface area contributed by atoms with Gasteiger partial charge in [-0.2, -0.15) is 0 Å². The lowest BCUT2D eigenvalue weighted by atomic mass is 10.2. The summed E-state index contributed by atoms with van der Waals surface area (Å²) < 4.78 is 0. The van der Waals surface area contributed by atoms with E-state index in [0.717, 1.165) is 19.4 Å². The molecular weight excluding hydrogens is 200 g/mol. The molecule has 1 saturated heterocycles. The van der Waals surface area contributed by atoms with Gasteiger partial charge in [-0.1, -0.05) is 11.6 Å². The SMILES string of the molecule is NC[C@H]1CCCN1c1nccc(Cl)n1. The largest absolute Gasteiger partial charge is 0.337 e. The maximum atomic E-state index is 5.81. The van der Waals surface area contributed by atoms with Gasteiger partial charge in [0.15, 0.2) is 0 Å². The van der Waals surface area contributed by atoms with Crippen LogP contribution in [0.4, 0.5) is 5.95 Å². The molecule has 4 nitrogen and oxygen atoms in total. The van der Waals surface area contributed by atoms with Crippen LogP contribution in [-0.4, -0.2) is 29.1 Å². The molecule has 0 unspecified atom stereocenters. The van der Waals surface area contributed by atoms with Gasteiger partial charge in [-0.3, -0.25) is 0 Å². The molecule has 2 heterocycles. The topological polar surface area (TPSA) is 55.0 Å². The van der Waals surface area contributed by atoms with E-state index in [0.29, 0.717) is 23.7 Å². The van der Waals surface area contributed by atoms with E-state index in [1.54, 1.807) is 12.3 Å². The van der Waals surface area contributed by atoms with Crippen LogP contribution in [0.1, 0.15) is 12.8 Å². The Morgan fingerprint density at radius 2 is 2.50 bits per heavy atom. The van der Waals surface area contributed by atoms with Crippen molar-refractivity contribution < 1.29 is 0 Å². The van der Waals surface area contributed by atoms with Crippen LogP contribution in [0.5, 0.6) is 0 Å². The first-order valence-corrected chi connectivity index (χ1v) is 5.14. The molecule has 0 amide bonds. The van der Waals surface area contributed by atoms with Gasteiger partial charge in [0.1, 0.15) is 5.15 Å².